The second kappa shape index (κ2) is 9.85. The fourth-order valence-electron chi connectivity index (χ4n) is 3.54. The zero-order valence-electron chi connectivity index (χ0n) is 18.2. The van der Waals surface area contributed by atoms with Crippen molar-refractivity contribution in [1.29, 1.82) is 0 Å². The number of benzene rings is 3. The smallest absolute Gasteiger partial charge is 0.279 e. The van der Waals surface area contributed by atoms with Gasteiger partial charge in [-0.1, -0.05) is 53.1 Å². The lowest BCUT2D eigenvalue weighted by atomic mass is 10.2. The summed E-state index contributed by atoms with van der Waals surface area (Å²) in [5.74, 6) is 2.06. The van der Waals surface area contributed by atoms with Crippen LogP contribution in [0, 0.1) is 12.3 Å². The molecule has 1 heterocycles. The highest BCUT2D eigenvalue weighted by atomic mass is 35.5. The molecule has 0 bridgehead atoms. The van der Waals surface area contributed by atoms with E-state index in [0.717, 1.165) is 10.2 Å². The van der Waals surface area contributed by atoms with Gasteiger partial charge in [-0.2, -0.15) is 4.99 Å². The minimum atomic E-state index is -3.79. The second-order valence-electron chi connectivity index (χ2n) is 7.21. The first-order valence-electron chi connectivity index (χ1n) is 10.3. The Balaban J connectivity index is 1.69. The summed E-state index contributed by atoms with van der Waals surface area (Å²) in [6, 6.07) is 20.1. The number of hydrogen-bond acceptors (Lipinski definition) is 4. The molecule has 1 aromatic heterocycles. The summed E-state index contributed by atoms with van der Waals surface area (Å²) in [6.07, 6.45) is 5.51. The standard InChI is InChI=1S/C25H20ClN3O3S2/c1-3-17-28-23-21(26)11-8-12-22(23)33-25(28)27-24(30)18-13-15-20(16-14-18)34(31,32)29(4-2)19-9-6-5-7-10-19/h1,5-16H,4,17H2,2H3. The molecule has 172 valence electrons. The van der Waals surface area contributed by atoms with E-state index in [1.165, 1.54) is 39.9 Å². The van der Waals surface area contributed by atoms with Crippen molar-refractivity contribution in [3.63, 3.8) is 0 Å². The number of terminal acetylenes is 1. The molecule has 0 saturated heterocycles. The number of rotatable bonds is 6. The van der Waals surface area contributed by atoms with Gasteiger partial charge in [-0.3, -0.25) is 9.10 Å². The number of para-hydroxylation sites is 2. The van der Waals surface area contributed by atoms with Crippen LogP contribution in [0.1, 0.15) is 17.3 Å². The summed E-state index contributed by atoms with van der Waals surface area (Å²) >= 11 is 7.64. The Morgan fingerprint density at radius 1 is 1.09 bits per heavy atom. The molecule has 4 aromatic rings. The van der Waals surface area contributed by atoms with Crippen LogP contribution in [0.5, 0.6) is 0 Å². The van der Waals surface area contributed by atoms with Crippen LogP contribution >= 0.6 is 22.9 Å². The Morgan fingerprint density at radius 3 is 2.44 bits per heavy atom. The van der Waals surface area contributed by atoms with Crippen molar-refractivity contribution in [2.24, 2.45) is 4.99 Å². The summed E-state index contributed by atoms with van der Waals surface area (Å²) in [7, 11) is -3.79. The maximum absolute atomic E-state index is 13.2. The van der Waals surface area contributed by atoms with Gasteiger partial charge in [0.1, 0.15) is 0 Å². The molecule has 9 heteroatoms. The largest absolute Gasteiger partial charge is 0.303 e. The summed E-state index contributed by atoms with van der Waals surface area (Å²) in [5, 5.41) is 0.520. The number of amides is 1. The minimum Gasteiger partial charge on any atom is -0.303 e. The van der Waals surface area contributed by atoms with Crippen LogP contribution in [-0.4, -0.2) is 25.4 Å². The normalized spacial score (nSPS) is 12.0. The number of nitrogens with zero attached hydrogens (tertiary/aromatic N) is 3. The summed E-state index contributed by atoms with van der Waals surface area (Å²) < 4.78 is 30.2. The van der Waals surface area contributed by atoms with E-state index in [-0.39, 0.29) is 23.5 Å². The number of aromatic nitrogens is 1. The van der Waals surface area contributed by atoms with Crippen molar-refractivity contribution in [2.45, 2.75) is 18.4 Å². The average molecular weight is 510 g/mol. The topological polar surface area (TPSA) is 71.7 Å². The quantitative estimate of drug-likeness (QED) is 0.345. The van der Waals surface area contributed by atoms with Gasteiger partial charge >= 0.3 is 0 Å². The van der Waals surface area contributed by atoms with Crippen molar-refractivity contribution in [2.75, 3.05) is 10.8 Å². The number of carbonyl (C=O) groups is 1. The molecule has 34 heavy (non-hydrogen) atoms. The molecule has 0 aliphatic carbocycles. The Kier molecular flexibility index (Phi) is 6.89. The lowest BCUT2D eigenvalue weighted by Crippen LogP contribution is -2.30. The van der Waals surface area contributed by atoms with Gasteiger partial charge in [0, 0.05) is 12.1 Å². The molecular formula is C25H20ClN3O3S2. The maximum Gasteiger partial charge on any atom is 0.279 e. The van der Waals surface area contributed by atoms with Crippen molar-refractivity contribution < 1.29 is 13.2 Å². The van der Waals surface area contributed by atoms with Gasteiger partial charge in [0.15, 0.2) is 4.80 Å². The van der Waals surface area contributed by atoms with Gasteiger partial charge in [-0.25, -0.2) is 8.42 Å². The van der Waals surface area contributed by atoms with E-state index in [1.54, 1.807) is 41.8 Å². The fraction of sp³-hybridized carbons (Fsp3) is 0.120. The number of anilines is 1. The highest BCUT2D eigenvalue weighted by Gasteiger charge is 2.23. The lowest BCUT2D eigenvalue weighted by molar-refractivity contribution is 0.0998. The fourth-order valence-corrected chi connectivity index (χ4v) is 6.40. The zero-order chi connectivity index (χ0) is 24.3. The van der Waals surface area contributed by atoms with E-state index >= 15 is 0 Å². The molecule has 0 saturated carbocycles. The molecule has 4 rings (SSSR count). The van der Waals surface area contributed by atoms with E-state index < -0.39 is 15.9 Å². The van der Waals surface area contributed by atoms with Crippen LogP contribution in [0.25, 0.3) is 10.2 Å². The van der Waals surface area contributed by atoms with Gasteiger partial charge in [0.05, 0.1) is 32.4 Å². The van der Waals surface area contributed by atoms with E-state index in [0.29, 0.717) is 15.5 Å². The van der Waals surface area contributed by atoms with E-state index in [1.807, 2.05) is 18.2 Å². The number of halogens is 1. The summed E-state index contributed by atoms with van der Waals surface area (Å²) in [4.78, 5) is 17.6. The van der Waals surface area contributed by atoms with Crippen molar-refractivity contribution >= 4 is 54.8 Å². The molecule has 0 unspecified atom stereocenters. The van der Waals surface area contributed by atoms with Crippen molar-refractivity contribution in [1.82, 2.24) is 4.57 Å². The Labute approximate surface area is 206 Å². The van der Waals surface area contributed by atoms with Gasteiger partial charge < -0.3 is 4.57 Å². The first kappa shape index (κ1) is 23.8. The van der Waals surface area contributed by atoms with E-state index in [2.05, 4.69) is 10.9 Å². The van der Waals surface area contributed by atoms with Crippen LogP contribution < -0.4 is 9.11 Å². The van der Waals surface area contributed by atoms with Crippen LogP contribution in [0.4, 0.5) is 5.69 Å². The molecule has 0 aliphatic rings. The molecule has 1 amide bonds. The molecule has 0 fully saturated rings. The van der Waals surface area contributed by atoms with Gasteiger partial charge in [0.2, 0.25) is 0 Å². The second-order valence-corrected chi connectivity index (χ2v) is 10.5. The number of carbonyl (C=O) groups excluding carboxylic acids is 1. The molecule has 0 radical (unpaired) electrons. The molecular weight excluding hydrogens is 490 g/mol. The molecule has 0 atom stereocenters. The third kappa shape index (κ3) is 4.50. The van der Waals surface area contributed by atoms with Gasteiger partial charge in [-0.05, 0) is 55.5 Å². The molecule has 0 N–H and O–H groups in total. The number of thiazole rings is 1. The molecule has 6 nitrogen and oxygen atoms in total. The lowest BCUT2D eigenvalue weighted by Gasteiger charge is -2.22. The van der Waals surface area contributed by atoms with E-state index in [4.69, 9.17) is 18.0 Å². The number of fused-ring (bicyclic) bond motifs is 1. The molecule has 0 aliphatic heterocycles. The highest BCUT2D eigenvalue weighted by molar-refractivity contribution is 7.92. The molecule has 3 aromatic carbocycles. The van der Waals surface area contributed by atoms with E-state index in [9.17, 15) is 13.2 Å². The number of sulfonamides is 1. The first-order valence-corrected chi connectivity index (χ1v) is 13.0. The van der Waals surface area contributed by atoms with Crippen LogP contribution in [0.3, 0.4) is 0 Å². The van der Waals surface area contributed by atoms with Gasteiger partial charge in [0.25, 0.3) is 15.9 Å². The highest BCUT2D eigenvalue weighted by Crippen LogP contribution is 2.26. The predicted molar refractivity (Wildman–Crippen MR) is 137 cm³/mol. The van der Waals surface area contributed by atoms with Crippen LogP contribution in [0.15, 0.2) is 82.7 Å². The van der Waals surface area contributed by atoms with Crippen LogP contribution in [-0.2, 0) is 16.6 Å². The third-order valence-corrected chi connectivity index (χ3v) is 8.38. The number of hydrogen-bond donors (Lipinski definition) is 0. The minimum absolute atomic E-state index is 0.0887. The first-order chi connectivity index (χ1) is 16.4. The summed E-state index contributed by atoms with van der Waals surface area (Å²) in [6.45, 7) is 2.25. The SMILES string of the molecule is C#CCn1c(=NC(=O)c2ccc(S(=O)(=O)N(CC)c3ccccc3)cc2)sc2cccc(Cl)c21. The zero-order valence-corrected chi connectivity index (χ0v) is 20.6. The third-order valence-electron chi connectivity index (χ3n) is 5.12. The summed E-state index contributed by atoms with van der Waals surface area (Å²) in [5.41, 5.74) is 1.56. The predicted octanol–water partition coefficient (Wildman–Crippen LogP) is 4.95. The Bertz CT molecular complexity index is 1570. The Morgan fingerprint density at radius 2 is 1.79 bits per heavy atom. The maximum atomic E-state index is 13.2. The Hall–Kier alpha value is -3.38. The van der Waals surface area contributed by atoms with Crippen molar-refractivity contribution in [3.05, 3.63) is 88.2 Å². The van der Waals surface area contributed by atoms with Gasteiger partial charge in [-0.15, -0.1) is 6.42 Å². The monoisotopic (exact) mass is 509 g/mol. The van der Waals surface area contributed by atoms with Crippen molar-refractivity contribution in [3.8, 4) is 12.3 Å². The van der Waals surface area contributed by atoms with Crippen LogP contribution in [0.2, 0.25) is 5.02 Å². The molecule has 0 spiro atoms. The average Bonchev–Trinajstić information content (AvgIpc) is 3.18.